The molecule has 3 aromatic carbocycles. The van der Waals surface area contributed by atoms with Crippen LogP contribution in [-0.2, 0) is 22.7 Å². The Balaban J connectivity index is 1.68. The van der Waals surface area contributed by atoms with Gasteiger partial charge in [0.15, 0.2) is 11.9 Å². The highest BCUT2D eigenvalue weighted by atomic mass is 16.5. The average molecular weight is 472 g/mol. The zero-order valence-corrected chi connectivity index (χ0v) is 20.4. The number of aromatic nitrogens is 1. The van der Waals surface area contributed by atoms with Crippen molar-refractivity contribution in [1.29, 1.82) is 0 Å². The number of carbonyl (C=O) groups is 2. The van der Waals surface area contributed by atoms with E-state index in [-0.39, 0.29) is 12.4 Å². The van der Waals surface area contributed by atoms with E-state index in [1.165, 1.54) is 6.92 Å². The first kappa shape index (κ1) is 24.2. The van der Waals surface area contributed by atoms with Gasteiger partial charge in [-0.3, -0.25) is 4.79 Å². The Morgan fingerprint density at radius 2 is 1.60 bits per heavy atom. The van der Waals surface area contributed by atoms with Crippen molar-refractivity contribution in [1.82, 2.24) is 4.57 Å². The van der Waals surface area contributed by atoms with Crippen molar-refractivity contribution in [3.63, 3.8) is 0 Å². The molecule has 6 nitrogen and oxygen atoms in total. The SMILES string of the molecule is COc1ccc2c(c1)c(C(=O)c1ccc(C)cc1)c(C)n2Cc1ccc(CO[C@H](C)C(=O)O)cc1. The van der Waals surface area contributed by atoms with Gasteiger partial charge < -0.3 is 19.1 Å². The van der Waals surface area contributed by atoms with E-state index in [0.717, 1.165) is 33.3 Å². The average Bonchev–Trinajstić information content (AvgIpc) is 3.13. The molecule has 0 radical (unpaired) electrons. The van der Waals surface area contributed by atoms with Crippen LogP contribution in [0.2, 0.25) is 0 Å². The number of hydrogen-bond acceptors (Lipinski definition) is 4. The second kappa shape index (κ2) is 10.2. The summed E-state index contributed by atoms with van der Waals surface area (Å²) in [6.07, 6.45) is -0.856. The fourth-order valence-corrected chi connectivity index (χ4v) is 4.14. The molecule has 1 atom stereocenters. The molecule has 0 spiro atoms. The van der Waals surface area contributed by atoms with E-state index in [4.69, 9.17) is 14.6 Å². The Morgan fingerprint density at radius 3 is 2.23 bits per heavy atom. The summed E-state index contributed by atoms with van der Waals surface area (Å²) in [5.74, 6) is -0.295. The number of methoxy groups -OCH3 is 1. The number of carboxylic acid groups (broad SMARTS) is 1. The van der Waals surface area contributed by atoms with E-state index in [9.17, 15) is 9.59 Å². The second-order valence-corrected chi connectivity index (χ2v) is 8.73. The van der Waals surface area contributed by atoms with Crippen LogP contribution in [0.25, 0.3) is 10.9 Å². The van der Waals surface area contributed by atoms with E-state index in [1.807, 2.05) is 80.6 Å². The van der Waals surface area contributed by atoms with E-state index >= 15 is 0 Å². The number of fused-ring (bicyclic) bond motifs is 1. The third-order valence-electron chi connectivity index (χ3n) is 6.28. The fourth-order valence-electron chi connectivity index (χ4n) is 4.14. The lowest BCUT2D eigenvalue weighted by atomic mass is 9.99. The molecule has 1 N–H and O–H groups in total. The van der Waals surface area contributed by atoms with E-state index in [0.29, 0.717) is 23.4 Å². The molecule has 0 aliphatic carbocycles. The molecule has 0 fully saturated rings. The monoisotopic (exact) mass is 471 g/mol. The molecule has 6 heteroatoms. The van der Waals surface area contributed by atoms with Crippen molar-refractivity contribution in [2.75, 3.05) is 7.11 Å². The zero-order chi connectivity index (χ0) is 25.1. The van der Waals surface area contributed by atoms with E-state index in [1.54, 1.807) is 7.11 Å². The van der Waals surface area contributed by atoms with Gasteiger partial charge in [0.2, 0.25) is 0 Å². The minimum Gasteiger partial charge on any atom is -0.497 e. The van der Waals surface area contributed by atoms with Crippen LogP contribution in [0.3, 0.4) is 0 Å². The topological polar surface area (TPSA) is 77.8 Å². The van der Waals surface area contributed by atoms with Gasteiger partial charge in [-0.15, -0.1) is 0 Å². The van der Waals surface area contributed by atoms with Crippen molar-refractivity contribution >= 4 is 22.7 Å². The summed E-state index contributed by atoms with van der Waals surface area (Å²) in [7, 11) is 1.62. The van der Waals surface area contributed by atoms with Crippen LogP contribution in [0.15, 0.2) is 66.7 Å². The number of nitrogens with zero attached hydrogens (tertiary/aromatic N) is 1. The Labute approximate surface area is 204 Å². The molecule has 0 saturated heterocycles. The van der Waals surface area contributed by atoms with Crippen LogP contribution in [0.1, 0.15) is 45.2 Å². The number of carboxylic acids is 1. The van der Waals surface area contributed by atoms with Gasteiger partial charge in [-0.05, 0) is 50.1 Å². The van der Waals surface area contributed by atoms with Crippen LogP contribution >= 0.6 is 0 Å². The second-order valence-electron chi connectivity index (χ2n) is 8.73. The quantitative estimate of drug-likeness (QED) is 0.325. The summed E-state index contributed by atoms with van der Waals surface area (Å²) >= 11 is 0. The maximum absolute atomic E-state index is 13.6. The summed E-state index contributed by atoms with van der Waals surface area (Å²) in [4.78, 5) is 24.5. The molecule has 0 aliphatic rings. The van der Waals surface area contributed by atoms with Crippen LogP contribution in [0, 0.1) is 13.8 Å². The van der Waals surface area contributed by atoms with Gasteiger partial charge in [0.25, 0.3) is 0 Å². The largest absolute Gasteiger partial charge is 0.497 e. The van der Waals surface area contributed by atoms with Crippen molar-refractivity contribution in [3.05, 3.63) is 100 Å². The molecule has 1 heterocycles. The first-order chi connectivity index (χ1) is 16.8. The first-order valence-electron chi connectivity index (χ1n) is 11.5. The number of ether oxygens (including phenoxy) is 2. The summed E-state index contributed by atoms with van der Waals surface area (Å²) < 4.78 is 13.0. The van der Waals surface area contributed by atoms with Crippen molar-refractivity contribution in [2.24, 2.45) is 0 Å². The van der Waals surface area contributed by atoms with Crippen LogP contribution in [0.4, 0.5) is 0 Å². The van der Waals surface area contributed by atoms with E-state index in [2.05, 4.69) is 4.57 Å². The van der Waals surface area contributed by atoms with Gasteiger partial charge >= 0.3 is 5.97 Å². The van der Waals surface area contributed by atoms with Crippen LogP contribution in [-0.4, -0.2) is 34.6 Å². The summed E-state index contributed by atoms with van der Waals surface area (Å²) in [6.45, 7) is 6.31. The first-order valence-corrected chi connectivity index (χ1v) is 11.5. The highest BCUT2D eigenvalue weighted by Gasteiger charge is 2.22. The molecule has 35 heavy (non-hydrogen) atoms. The number of ketones is 1. The lowest BCUT2D eigenvalue weighted by Gasteiger charge is -2.11. The van der Waals surface area contributed by atoms with Crippen molar-refractivity contribution < 1.29 is 24.2 Å². The van der Waals surface area contributed by atoms with Gasteiger partial charge in [0.1, 0.15) is 5.75 Å². The van der Waals surface area contributed by atoms with E-state index < -0.39 is 12.1 Å². The van der Waals surface area contributed by atoms with Crippen LogP contribution in [0.5, 0.6) is 5.75 Å². The van der Waals surface area contributed by atoms with Gasteiger partial charge in [-0.1, -0.05) is 54.1 Å². The third kappa shape index (κ3) is 5.12. The molecule has 0 saturated carbocycles. The number of aliphatic carboxylic acids is 1. The molecular weight excluding hydrogens is 442 g/mol. The molecule has 0 bridgehead atoms. The number of aryl methyl sites for hydroxylation is 1. The molecule has 0 aliphatic heterocycles. The Kier molecular flexibility index (Phi) is 7.03. The molecule has 180 valence electrons. The molecule has 4 aromatic rings. The minimum atomic E-state index is -0.982. The standard InChI is InChI=1S/C29H29NO5/c1-18-5-11-23(12-6-18)28(31)27-19(2)30(26-14-13-24(34-4)15-25(26)27)16-21-7-9-22(10-8-21)17-35-20(3)29(32)33/h5-15,20H,16-17H2,1-4H3,(H,32,33)/t20-/m1/s1. The molecule has 1 aromatic heterocycles. The maximum Gasteiger partial charge on any atom is 0.332 e. The van der Waals surface area contributed by atoms with Crippen LogP contribution < -0.4 is 4.74 Å². The van der Waals surface area contributed by atoms with Gasteiger partial charge in [0, 0.05) is 28.7 Å². The predicted molar refractivity (Wildman–Crippen MR) is 135 cm³/mol. The highest BCUT2D eigenvalue weighted by Crippen LogP contribution is 2.32. The summed E-state index contributed by atoms with van der Waals surface area (Å²) in [5.41, 5.74) is 6.24. The number of hydrogen-bond donors (Lipinski definition) is 1. The number of rotatable bonds is 9. The predicted octanol–water partition coefficient (Wildman–Crippen LogP) is 5.54. The number of benzene rings is 3. The Hall–Kier alpha value is -3.90. The molecule has 0 unspecified atom stereocenters. The lowest BCUT2D eigenvalue weighted by Crippen LogP contribution is -2.19. The number of carbonyl (C=O) groups excluding carboxylic acids is 1. The molecular formula is C29H29NO5. The fraction of sp³-hybridized carbons (Fsp3) is 0.241. The minimum absolute atomic E-state index is 0.0143. The highest BCUT2D eigenvalue weighted by molar-refractivity contribution is 6.17. The zero-order valence-electron chi connectivity index (χ0n) is 20.4. The maximum atomic E-state index is 13.6. The Morgan fingerprint density at radius 1 is 0.943 bits per heavy atom. The smallest absolute Gasteiger partial charge is 0.332 e. The van der Waals surface area contributed by atoms with Gasteiger partial charge in [0.05, 0.1) is 19.3 Å². The normalized spacial score (nSPS) is 12.0. The summed E-state index contributed by atoms with van der Waals surface area (Å²) in [6, 6.07) is 21.3. The third-order valence-corrected chi connectivity index (χ3v) is 6.28. The van der Waals surface area contributed by atoms with Crippen molar-refractivity contribution in [3.8, 4) is 5.75 Å². The van der Waals surface area contributed by atoms with Gasteiger partial charge in [-0.2, -0.15) is 0 Å². The molecule has 0 amide bonds. The lowest BCUT2D eigenvalue weighted by molar-refractivity contribution is -0.149. The summed E-state index contributed by atoms with van der Waals surface area (Å²) in [5, 5.41) is 9.84. The Bertz CT molecular complexity index is 1370. The van der Waals surface area contributed by atoms with Crippen molar-refractivity contribution in [2.45, 2.75) is 40.0 Å². The van der Waals surface area contributed by atoms with Gasteiger partial charge in [-0.25, -0.2) is 4.79 Å². The molecule has 4 rings (SSSR count).